The van der Waals surface area contributed by atoms with Gasteiger partial charge >= 0.3 is 5.97 Å². The zero-order chi connectivity index (χ0) is 23.6. The topological polar surface area (TPSA) is 68.5 Å². The fraction of sp³-hybridized carbons (Fsp3) is 0.333. The molecule has 0 radical (unpaired) electrons. The smallest absolute Gasteiger partial charge is 0.343 e. The number of hydrogen-bond acceptors (Lipinski definition) is 4. The van der Waals surface area contributed by atoms with Crippen LogP contribution in [0, 0.1) is 17.6 Å². The van der Waals surface area contributed by atoms with Crippen LogP contribution in [-0.2, 0) is 11.2 Å². The van der Waals surface area contributed by atoms with E-state index in [1.54, 1.807) is 13.0 Å². The summed E-state index contributed by atoms with van der Waals surface area (Å²) >= 11 is 5.83. The first kappa shape index (κ1) is 23.9. The standard InChI is InChI=1S/C24H24ClF2NO4/c1-4-32-24(31)17-11-28(21(12-29)13(2)3)20-10-19(26)15(9-16(20)23(17)30)8-14-6-5-7-18(25)22(14)27/h5-7,9-11,13,21,29H,4,8,12H2,1-3H3/t21-/m1/s1. The molecule has 0 fully saturated rings. The van der Waals surface area contributed by atoms with Gasteiger partial charge in [0.1, 0.15) is 17.2 Å². The van der Waals surface area contributed by atoms with Gasteiger partial charge in [0.25, 0.3) is 0 Å². The van der Waals surface area contributed by atoms with Gasteiger partial charge in [-0.2, -0.15) is 0 Å². The summed E-state index contributed by atoms with van der Waals surface area (Å²) in [6.07, 6.45) is 1.17. The van der Waals surface area contributed by atoms with Gasteiger partial charge in [-0.05, 0) is 42.2 Å². The number of carbonyl (C=O) groups excluding carboxylic acids is 1. The van der Waals surface area contributed by atoms with E-state index < -0.39 is 29.1 Å². The molecule has 5 nitrogen and oxygen atoms in total. The molecular weight excluding hydrogens is 440 g/mol. The molecule has 0 aliphatic rings. The molecule has 0 aliphatic carbocycles. The van der Waals surface area contributed by atoms with Crippen LogP contribution >= 0.6 is 11.6 Å². The van der Waals surface area contributed by atoms with Gasteiger partial charge in [0.15, 0.2) is 0 Å². The summed E-state index contributed by atoms with van der Waals surface area (Å²) in [6, 6.07) is 6.42. The number of rotatable bonds is 7. The Balaban J connectivity index is 2.28. The minimum Gasteiger partial charge on any atom is -0.462 e. The van der Waals surface area contributed by atoms with Crippen LogP contribution in [0.2, 0.25) is 5.02 Å². The molecular formula is C24H24ClF2NO4. The largest absolute Gasteiger partial charge is 0.462 e. The number of ether oxygens (including phenoxy) is 1. The Morgan fingerprint density at radius 1 is 1.22 bits per heavy atom. The van der Waals surface area contributed by atoms with Crippen LogP contribution in [-0.4, -0.2) is 28.9 Å². The van der Waals surface area contributed by atoms with E-state index in [4.69, 9.17) is 16.3 Å². The lowest BCUT2D eigenvalue weighted by molar-refractivity contribution is 0.0523. The van der Waals surface area contributed by atoms with Gasteiger partial charge in [0.2, 0.25) is 5.43 Å². The van der Waals surface area contributed by atoms with Crippen molar-refractivity contribution in [3.8, 4) is 0 Å². The summed E-state index contributed by atoms with van der Waals surface area (Å²) in [7, 11) is 0. The molecule has 0 aliphatic heterocycles. The number of nitrogens with zero attached hydrogens (tertiary/aromatic N) is 1. The summed E-state index contributed by atoms with van der Waals surface area (Å²) in [5.41, 5.74) is -0.363. The van der Waals surface area contributed by atoms with Gasteiger partial charge in [-0.3, -0.25) is 4.79 Å². The van der Waals surface area contributed by atoms with Gasteiger partial charge in [0, 0.05) is 18.0 Å². The van der Waals surface area contributed by atoms with Gasteiger partial charge in [-0.15, -0.1) is 0 Å². The zero-order valence-electron chi connectivity index (χ0n) is 18.0. The summed E-state index contributed by atoms with van der Waals surface area (Å²) in [5.74, 6) is -2.19. The molecule has 0 amide bonds. The average molecular weight is 464 g/mol. The normalized spacial score (nSPS) is 12.4. The molecule has 1 heterocycles. The molecule has 0 unspecified atom stereocenters. The number of aliphatic hydroxyl groups is 1. The van der Waals surface area contributed by atoms with Crippen LogP contribution in [0.25, 0.3) is 10.9 Å². The number of pyridine rings is 1. The van der Waals surface area contributed by atoms with E-state index in [0.717, 1.165) is 0 Å². The van der Waals surface area contributed by atoms with Crippen molar-refractivity contribution in [1.82, 2.24) is 4.57 Å². The molecule has 3 aromatic rings. The molecule has 2 aromatic carbocycles. The third-order valence-electron chi connectivity index (χ3n) is 5.42. The van der Waals surface area contributed by atoms with Crippen LogP contribution in [0.1, 0.15) is 48.3 Å². The predicted octanol–water partition coefficient (Wildman–Crippen LogP) is 4.89. The lowest BCUT2D eigenvalue weighted by Gasteiger charge is -2.25. The van der Waals surface area contributed by atoms with Gasteiger partial charge in [0.05, 0.1) is 29.8 Å². The summed E-state index contributed by atoms with van der Waals surface area (Å²) in [6.45, 7) is 5.14. The second kappa shape index (κ2) is 9.79. The highest BCUT2D eigenvalue weighted by Crippen LogP contribution is 2.27. The lowest BCUT2D eigenvalue weighted by Crippen LogP contribution is -2.26. The van der Waals surface area contributed by atoms with E-state index in [-0.39, 0.29) is 58.2 Å². The van der Waals surface area contributed by atoms with E-state index in [0.29, 0.717) is 0 Å². The van der Waals surface area contributed by atoms with Crippen LogP contribution in [0.5, 0.6) is 0 Å². The number of carbonyl (C=O) groups is 1. The fourth-order valence-electron chi connectivity index (χ4n) is 3.69. The van der Waals surface area contributed by atoms with E-state index in [9.17, 15) is 19.1 Å². The number of benzene rings is 2. The average Bonchev–Trinajstić information content (AvgIpc) is 2.74. The van der Waals surface area contributed by atoms with Crippen LogP contribution < -0.4 is 5.43 Å². The second-order valence-corrected chi connectivity index (χ2v) is 8.25. The highest BCUT2D eigenvalue weighted by Gasteiger charge is 2.23. The maximum Gasteiger partial charge on any atom is 0.343 e. The molecule has 1 N–H and O–H groups in total. The number of halogens is 3. The van der Waals surface area contributed by atoms with Crippen molar-refractivity contribution in [2.24, 2.45) is 5.92 Å². The van der Waals surface area contributed by atoms with Crippen LogP contribution in [0.15, 0.2) is 41.3 Å². The molecule has 0 spiro atoms. The number of hydrogen-bond donors (Lipinski definition) is 1. The number of esters is 1. The number of aromatic nitrogens is 1. The van der Waals surface area contributed by atoms with Crippen molar-refractivity contribution in [2.45, 2.75) is 33.2 Å². The first-order valence-electron chi connectivity index (χ1n) is 10.3. The predicted molar refractivity (Wildman–Crippen MR) is 119 cm³/mol. The van der Waals surface area contributed by atoms with Gasteiger partial charge in [-0.25, -0.2) is 13.6 Å². The van der Waals surface area contributed by atoms with Gasteiger partial charge in [-0.1, -0.05) is 37.6 Å². The quantitative estimate of drug-likeness (QED) is 0.506. The Bertz CT molecular complexity index is 1220. The van der Waals surface area contributed by atoms with Crippen molar-refractivity contribution in [3.63, 3.8) is 0 Å². The van der Waals surface area contributed by atoms with Crippen molar-refractivity contribution in [3.05, 3.63) is 80.1 Å². The van der Waals surface area contributed by atoms with E-state index in [1.165, 1.54) is 35.0 Å². The Hall–Kier alpha value is -2.77. The van der Waals surface area contributed by atoms with Crippen molar-refractivity contribution in [2.75, 3.05) is 13.2 Å². The van der Waals surface area contributed by atoms with Crippen molar-refractivity contribution < 1.29 is 23.4 Å². The summed E-state index contributed by atoms with van der Waals surface area (Å²) < 4.78 is 36.0. The molecule has 0 saturated carbocycles. The summed E-state index contributed by atoms with van der Waals surface area (Å²) in [5, 5.41) is 9.92. The van der Waals surface area contributed by atoms with Crippen molar-refractivity contribution in [1.29, 1.82) is 0 Å². The molecule has 1 atom stereocenters. The molecule has 0 saturated heterocycles. The monoisotopic (exact) mass is 463 g/mol. The molecule has 170 valence electrons. The maximum atomic E-state index is 15.1. The van der Waals surface area contributed by atoms with Crippen LogP contribution in [0.4, 0.5) is 8.78 Å². The Labute approximate surface area is 189 Å². The first-order chi connectivity index (χ1) is 15.2. The minimum atomic E-state index is -0.805. The second-order valence-electron chi connectivity index (χ2n) is 7.84. The Kier molecular flexibility index (Phi) is 7.31. The van der Waals surface area contributed by atoms with Crippen molar-refractivity contribution >= 4 is 28.5 Å². The molecule has 32 heavy (non-hydrogen) atoms. The third kappa shape index (κ3) is 4.54. The SMILES string of the molecule is CCOC(=O)c1cn([C@H](CO)C(C)C)c2cc(F)c(Cc3cccc(Cl)c3F)cc2c1=O. The molecule has 8 heteroatoms. The maximum absolute atomic E-state index is 15.1. The Morgan fingerprint density at radius 2 is 1.94 bits per heavy atom. The molecule has 1 aromatic heterocycles. The van der Waals surface area contributed by atoms with E-state index in [1.807, 2.05) is 13.8 Å². The molecule has 0 bridgehead atoms. The molecule has 3 rings (SSSR count). The summed E-state index contributed by atoms with van der Waals surface area (Å²) in [4.78, 5) is 25.6. The highest BCUT2D eigenvalue weighted by molar-refractivity contribution is 6.30. The minimum absolute atomic E-state index is 0.0760. The Morgan fingerprint density at radius 3 is 2.56 bits per heavy atom. The van der Waals surface area contributed by atoms with Crippen LogP contribution in [0.3, 0.4) is 0 Å². The van der Waals surface area contributed by atoms with E-state index >= 15 is 4.39 Å². The zero-order valence-corrected chi connectivity index (χ0v) is 18.7. The third-order valence-corrected chi connectivity index (χ3v) is 5.71. The first-order valence-corrected chi connectivity index (χ1v) is 10.7. The number of aliphatic hydroxyl groups excluding tert-OH is 1. The lowest BCUT2D eigenvalue weighted by atomic mass is 9.99. The number of fused-ring (bicyclic) bond motifs is 1. The van der Waals surface area contributed by atoms with Gasteiger partial charge < -0.3 is 14.4 Å². The van der Waals surface area contributed by atoms with E-state index in [2.05, 4.69) is 0 Å². The highest BCUT2D eigenvalue weighted by atomic mass is 35.5. The fourth-order valence-corrected chi connectivity index (χ4v) is 3.88.